The molecule has 0 aliphatic carbocycles. The molecule has 1 aliphatic rings. The Morgan fingerprint density at radius 3 is 2.92 bits per heavy atom. The Morgan fingerprint density at radius 1 is 1.25 bits per heavy atom. The van der Waals surface area contributed by atoms with E-state index in [1.165, 1.54) is 11.3 Å². The van der Waals surface area contributed by atoms with Crippen molar-refractivity contribution in [3.05, 3.63) is 59.4 Å². The fourth-order valence-electron chi connectivity index (χ4n) is 4.77. The number of carbonyl (C=O) groups is 2. The van der Waals surface area contributed by atoms with Crippen LogP contribution in [0, 0.1) is 6.92 Å². The van der Waals surface area contributed by atoms with Crippen molar-refractivity contribution in [2.75, 3.05) is 39.0 Å². The SMILES string of the molecule is Cc1cccc2nc(NC(=O)c3cn4ccsc4n3)n(C3CCCCN(C(=O)/C=C/CN(C)C)C3)c12. The van der Waals surface area contributed by atoms with Gasteiger partial charge in [-0.15, -0.1) is 11.3 Å². The van der Waals surface area contributed by atoms with E-state index in [0.29, 0.717) is 18.2 Å². The first-order valence-corrected chi connectivity index (χ1v) is 13.1. The Kier molecular flexibility index (Phi) is 6.88. The molecule has 1 aromatic carbocycles. The van der Waals surface area contributed by atoms with Gasteiger partial charge < -0.3 is 14.4 Å². The number of likely N-dealkylation sites (tertiary alicyclic amines) is 1. The van der Waals surface area contributed by atoms with E-state index in [2.05, 4.69) is 27.9 Å². The normalized spacial score (nSPS) is 16.9. The van der Waals surface area contributed by atoms with Crippen molar-refractivity contribution in [1.29, 1.82) is 0 Å². The van der Waals surface area contributed by atoms with E-state index in [1.807, 2.05) is 58.1 Å². The van der Waals surface area contributed by atoms with E-state index in [1.54, 1.807) is 12.3 Å². The Hall–Kier alpha value is -3.50. The van der Waals surface area contributed by atoms with E-state index in [-0.39, 0.29) is 17.9 Å². The lowest BCUT2D eigenvalue weighted by Gasteiger charge is -2.26. The van der Waals surface area contributed by atoms with Gasteiger partial charge in [0.1, 0.15) is 5.69 Å². The minimum Gasteiger partial charge on any atom is -0.337 e. The molecule has 1 unspecified atom stereocenters. The summed E-state index contributed by atoms with van der Waals surface area (Å²) in [7, 11) is 3.96. The molecule has 9 nitrogen and oxygen atoms in total. The molecule has 1 saturated heterocycles. The first-order chi connectivity index (χ1) is 17.4. The van der Waals surface area contributed by atoms with E-state index in [9.17, 15) is 9.59 Å². The molecule has 10 heteroatoms. The second-order valence-corrected chi connectivity index (χ2v) is 10.4. The van der Waals surface area contributed by atoms with Gasteiger partial charge >= 0.3 is 0 Å². The standard InChI is InChI=1S/C26H31N7O2S/c1-18-8-6-10-20-23(18)33(19-9-4-5-13-31(16-19)22(34)11-7-12-30(2)3)25(27-20)29-24(35)21-17-32-14-15-36-26(32)28-21/h6-8,10-11,14-15,17,19H,4-5,9,12-13,16H2,1-3H3,(H,27,29,35)/b11-7+. The molecule has 1 atom stereocenters. The summed E-state index contributed by atoms with van der Waals surface area (Å²) in [5, 5.41) is 4.95. The number of fused-ring (bicyclic) bond motifs is 2. The molecule has 1 aliphatic heterocycles. The van der Waals surface area contributed by atoms with E-state index >= 15 is 0 Å². The van der Waals surface area contributed by atoms with Crippen molar-refractivity contribution in [1.82, 2.24) is 28.7 Å². The molecule has 4 aromatic rings. The summed E-state index contributed by atoms with van der Waals surface area (Å²) in [6, 6.07) is 5.98. The van der Waals surface area contributed by atoms with Crippen LogP contribution in [0.2, 0.25) is 0 Å². The van der Waals surface area contributed by atoms with Gasteiger partial charge in [-0.3, -0.25) is 19.3 Å². The zero-order chi connectivity index (χ0) is 25.2. The molecule has 1 N–H and O–H groups in total. The second kappa shape index (κ2) is 10.2. The minimum absolute atomic E-state index is 0.00871. The molecule has 3 aromatic heterocycles. The summed E-state index contributed by atoms with van der Waals surface area (Å²) in [6.07, 6.45) is 10.0. The Labute approximate surface area is 214 Å². The molecule has 5 rings (SSSR count). The lowest BCUT2D eigenvalue weighted by atomic mass is 10.1. The number of thiazole rings is 1. The number of nitrogens with zero attached hydrogens (tertiary/aromatic N) is 6. The average molecular weight is 506 g/mol. The zero-order valence-electron chi connectivity index (χ0n) is 20.8. The Morgan fingerprint density at radius 2 is 2.11 bits per heavy atom. The number of benzene rings is 1. The third-order valence-electron chi connectivity index (χ3n) is 6.52. The van der Waals surface area contributed by atoms with Crippen molar-refractivity contribution < 1.29 is 9.59 Å². The molecular formula is C26H31N7O2S. The van der Waals surface area contributed by atoms with Crippen LogP contribution in [-0.4, -0.2) is 74.3 Å². The van der Waals surface area contributed by atoms with Crippen LogP contribution in [0.15, 0.2) is 48.1 Å². The lowest BCUT2D eigenvalue weighted by Crippen LogP contribution is -2.35. The van der Waals surface area contributed by atoms with Crippen molar-refractivity contribution in [3.63, 3.8) is 0 Å². The number of likely N-dealkylation sites (N-methyl/N-ethyl adjacent to an activating group) is 1. The maximum Gasteiger partial charge on any atom is 0.278 e. The van der Waals surface area contributed by atoms with Crippen LogP contribution in [0.4, 0.5) is 5.95 Å². The van der Waals surface area contributed by atoms with Gasteiger partial charge in [0.25, 0.3) is 5.91 Å². The number of aromatic nitrogens is 4. The largest absolute Gasteiger partial charge is 0.337 e. The highest BCUT2D eigenvalue weighted by molar-refractivity contribution is 7.15. The summed E-state index contributed by atoms with van der Waals surface area (Å²) in [5.74, 6) is 0.213. The molecular weight excluding hydrogens is 474 g/mol. The fraction of sp³-hybridized carbons (Fsp3) is 0.385. The minimum atomic E-state index is -0.298. The summed E-state index contributed by atoms with van der Waals surface area (Å²) in [4.78, 5) is 40.1. The number of imidazole rings is 2. The number of rotatable bonds is 6. The van der Waals surface area contributed by atoms with Gasteiger partial charge in [0, 0.05) is 43.5 Å². The summed E-state index contributed by atoms with van der Waals surface area (Å²) >= 11 is 1.48. The number of anilines is 1. The van der Waals surface area contributed by atoms with Crippen LogP contribution in [0.5, 0.6) is 0 Å². The fourth-order valence-corrected chi connectivity index (χ4v) is 5.47. The number of hydrogen-bond donors (Lipinski definition) is 1. The van der Waals surface area contributed by atoms with Crippen LogP contribution in [0.3, 0.4) is 0 Å². The highest BCUT2D eigenvalue weighted by atomic mass is 32.1. The predicted molar refractivity (Wildman–Crippen MR) is 143 cm³/mol. The molecule has 1 fully saturated rings. The molecule has 0 spiro atoms. The van der Waals surface area contributed by atoms with Gasteiger partial charge in [0.2, 0.25) is 11.9 Å². The molecule has 36 heavy (non-hydrogen) atoms. The second-order valence-electron chi connectivity index (χ2n) is 9.52. The predicted octanol–water partition coefficient (Wildman–Crippen LogP) is 3.98. The quantitative estimate of drug-likeness (QED) is 0.401. The number of amides is 2. The van der Waals surface area contributed by atoms with Gasteiger partial charge in [0.05, 0.1) is 17.1 Å². The summed E-state index contributed by atoms with van der Waals surface area (Å²) in [5.41, 5.74) is 3.24. The topological polar surface area (TPSA) is 87.8 Å². The third-order valence-corrected chi connectivity index (χ3v) is 7.29. The molecule has 4 heterocycles. The molecule has 0 radical (unpaired) electrons. The molecule has 0 bridgehead atoms. The van der Waals surface area contributed by atoms with Crippen LogP contribution in [0.25, 0.3) is 16.0 Å². The highest BCUT2D eigenvalue weighted by Gasteiger charge is 2.27. The van der Waals surface area contributed by atoms with Gasteiger partial charge in [-0.05, 0) is 51.9 Å². The first kappa shape index (κ1) is 24.2. The number of para-hydroxylation sites is 1. The van der Waals surface area contributed by atoms with Gasteiger partial charge in [-0.25, -0.2) is 9.97 Å². The van der Waals surface area contributed by atoms with Crippen molar-refractivity contribution in [3.8, 4) is 0 Å². The van der Waals surface area contributed by atoms with Crippen molar-refractivity contribution in [2.24, 2.45) is 0 Å². The van der Waals surface area contributed by atoms with E-state index in [0.717, 1.165) is 53.9 Å². The van der Waals surface area contributed by atoms with Crippen LogP contribution in [0.1, 0.15) is 41.4 Å². The number of nitrogens with one attached hydrogen (secondary N) is 1. The van der Waals surface area contributed by atoms with Crippen molar-refractivity contribution in [2.45, 2.75) is 32.2 Å². The third kappa shape index (κ3) is 4.91. The van der Waals surface area contributed by atoms with Crippen LogP contribution < -0.4 is 5.32 Å². The van der Waals surface area contributed by atoms with E-state index in [4.69, 9.17) is 4.98 Å². The monoisotopic (exact) mass is 505 g/mol. The van der Waals surface area contributed by atoms with Crippen LogP contribution >= 0.6 is 11.3 Å². The summed E-state index contributed by atoms with van der Waals surface area (Å²) < 4.78 is 3.96. The average Bonchev–Trinajstić information content (AvgIpc) is 3.48. The maximum absolute atomic E-state index is 13.2. The van der Waals surface area contributed by atoms with E-state index < -0.39 is 0 Å². The molecule has 2 amide bonds. The Balaban J connectivity index is 1.47. The highest BCUT2D eigenvalue weighted by Crippen LogP contribution is 2.32. The zero-order valence-corrected chi connectivity index (χ0v) is 21.7. The number of carbonyl (C=O) groups excluding carboxylic acids is 2. The van der Waals surface area contributed by atoms with Gasteiger partial charge in [-0.1, -0.05) is 18.2 Å². The smallest absolute Gasteiger partial charge is 0.278 e. The summed E-state index contributed by atoms with van der Waals surface area (Å²) in [6.45, 7) is 4.06. The molecule has 0 saturated carbocycles. The van der Waals surface area contributed by atoms with Gasteiger partial charge in [-0.2, -0.15) is 0 Å². The van der Waals surface area contributed by atoms with Crippen LogP contribution in [-0.2, 0) is 4.79 Å². The molecule has 188 valence electrons. The lowest BCUT2D eigenvalue weighted by molar-refractivity contribution is -0.126. The first-order valence-electron chi connectivity index (χ1n) is 12.2. The van der Waals surface area contributed by atoms with Gasteiger partial charge in [0.15, 0.2) is 4.96 Å². The Bertz CT molecular complexity index is 1400. The maximum atomic E-state index is 13.2. The number of hydrogen-bond acceptors (Lipinski definition) is 6. The number of aryl methyl sites for hydroxylation is 1. The van der Waals surface area contributed by atoms with Crippen molar-refractivity contribution >= 4 is 45.1 Å².